The highest BCUT2D eigenvalue weighted by molar-refractivity contribution is 6.60. The molecule has 0 atom stereocenters. The Morgan fingerprint density at radius 2 is 1.89 bits per heavy atom. The Morgan fingerprint density at radius 3 is 2.33 bits per heavy atom. The minimum Gasteiger partial charge on any atom is -0.377 e. The van der Waals surface area contributed by atoms with Gasteiger partial charge in [-0.2, -0.15) is 0 Å². The lowest BCUT2D eigenvalue weighted by Gasteiger charge is -2.25. The van der Waals surface area contributed by atoms with Gasteiger partial charge in [0.25, 0.3) is 0 Å². The van der Waals surface area contributed by atoms with E-state index in [-0.39, 0.29) is 24.8 Å². The molecule has 0 saturated carbocycles. The fourth-order valence-corrected chi connectivity index (χ4v) is 3.23. The number of carbonyl (C=O) groups excluding carboxylic acids is 2. The highest BCUT2D eigenvalue weighted by Crippen LogP contribution is 2.15. The lowest BCUT2D eigenvalue weighted by Crippen LogP contribution is -2.46. The molecule has 7 nitrogen and oxygen atoms in total. The van der Waals surface area contributed by atoms with Crippen LogP contribution in [0, 0.1) is 0 Å². The van der Waals surface area contributed by atoms with Crippen LogP contribution in [-0.2, 0) is 22.9 Å². The summed E-state index contributed by atoms with van der Waals surface area (Å²) in [6.45, 7) is 1.66. The molecule has 0 aromatic carbocycles. The summed E-state index contributed by atoms with van der Waals surface area (Å²) in [4.78, 5) is 22.1. The van der Waals surface area contributed by atoms with Crippen LogP contribution in [0.1, 0.15) is 13.3 Å². The minimum atomic E-state index is -2.80. The number of hydrogen-bond acceptors (Lipinski definition) is 6. The summed E-state index contributed by atoms with van der Waals surface area (Å²) >= 11 is 0. The Balaban J connectivity index is 4.16. The minimum absolute atomic E-state index is 0.0515. The van der Waals surface area contributed by atoms with E-state index < -0.39 is 8.80 Å². The summed E-state index contributed by atoms with van der Waals surface area (Å²) in [5.74, 6) is -0.489. The number of hydrogen-bond donors (Lipinski definition) is 2. The van der Waals surface area contributed by atoms with Crippen molar-refractivity contribution in [1.82, 2.24) is 5.32 Å². The van der Waals surface area contributed by atoms with Gasteiger partial charge in [-0.25, -0.2) is 0 Å². The third kappa shape index (κ3) is 6.82. The molecule has 18 heavy (non-hydrogen) atoms. The Hall–Kier alpha value is -0.803. The van der Waals surface area contributed by atoms with Crippen molar-refractivity contribution >= 4 is 20.5 Å². The van der Waals surface area contributed by atoms with Crippen molar-refractivity contribution in [2.45, 2.75) is 19.4 Å². The first-order valence-corrected chi connectivity index (χ1v) is 7.63. The van der Waals surface area contributed by atoms with Crippen LogP contribution in [-0.4, -0.2) is 54.4 Å². The third-order valence-electron chi connectivity index (χ3n) is 2.30. The predicted molar refractivity (Wildman–Crippen MR) is 67.9 cm³/mol. The number of ketones is 1. The van der Waals surface area contributed by atoms with Gasteiger partial charge in [0, 0.05) is 27.2 Å². The summed E-state index contributed by atoms with van der Waals surface area (Å²) in [5, 5.41) is 2.41. The topological polar surface area (TPSA) is 99.9 Å². The second kappa shape index (κ2) is 9.17. The second-order valence-electron chi connectivity index (χ2n) is 3.72. The molecule has 0 aromatic rings. The second-order valence-corrected chi connectivity index (χ2v) is 6.69. The molecule has 0 aliphatic heterocycles. The van der Waals surface area contributed by atoms with Gasteiger partial charge in [-0.05, 0) is 13.0 Å². The molecule has 0 radical (unpaired) electrons. The van der Waals surface area contributed by atoms with Crippen LogP contribution >= 0.6 is 0 Å². The molecule has 8 heteroatoms. The van der Waals surface area contributed by atoms with Gasteiger partial charge < -0.3 is 24.3 Å². The Bertz CT molecular complexity index is 271. The van der Waals surface area contributed by atoms with Gasteiger partial charge in [-0.15, -0.1) is 0 Å². The van der Waals surface area contributed by atoms with E-state index >= 15 is 0 Å². The molecule has 0 fully saturated rings. The zero-order valence-corrected chi connectivity index (χ0v) is 12.2. The Labute approximate surface area is 108 Å². The smallest absolute Gasteiger partial charge is 0.377 e. The fourth-order valence-electron chi connectivity index (χ4n) is 1.26. The fraction of sp³-hybridized carbons (Fsp3) is 0.800. The summed E-state index contributed by atoms with van der Waals surface area (Å²) in [6, 6.07) is 0.559. The lowest BCUT2D eigenvalue weighted by atomic mass is 10.4. The molecule has 3 N–H and O–H groups in total. The molecule has 1 amide bonds. The molecular formula is C10H22N2O5Si. The summed E-state index contributed by atoms with van der Waals surface area (Å²) < 4.78 is 16.0. The van der Waals surface area contributed by atoms with Gasteiger partial charge in [0.1, 0.15) is 0 Å². The number of carbonyl (C=O) groups is 2. The van der Waals surface area contributed by atoms with E-state index in [9.17, 15) is 9.59 Å². The number of nitrogens with two attached hydrogens (primary N) is 1. The first-order chi connectivity index (χ1) is 8.49. The van der Waals surface area contributed by atoms with Crippen LogP contribution in [0.5, 0.6) is 0 Å². The van der Waals surface area contributed by atoms with Crippen LogP contribution in [0.2, 0.25) is 6.04 Å². The monoisotopic (exact) mass is 278 g/mol. The van der Waals surface area contributed by atoms with Crippen LogP contribution in [0.25, 0.3) is 0 Å². The third-order valence-corrected chi connectivity index (χ3v) is 5.09. The zero-order valence-electron chi connectivity index (χ0n) is 11.2. The summed E-state index contributed by atoms with van der Waals surface area (Å²) in [7, 11) is 0.184. The maximum absolute atomic E-state index is 11.4. The van der Waals surface area contributed by atoms with Crippen molar-refractivity contribution < 1.29 is 22.9 Å². The van der Waals surface area contributed by atoms with Crippen molar-refractivity contribution in [2.75, 3.05) is 33.9 Å². The summed E-state index contributed by atoms with van der Waals surface area (Å²) in [6.07, 6.45) is 0.702. The SMILES string of the molecule is CO[Si](CCCN)(OC)OCC(=O)CNC(C)=O. The average Bonchev–Trinajstić information content (AvgIpc) is 2.37. The van der Waals surface area contributed by atoms with E-state index in [1.54, 1.807) is 0 Å². The summed E-state index contributed by atoms with van der Waals surface area (Å²) in [5.41, 5.74) is 5.42. The largest absolute Gasteiger partial charge is 0.500 e. The van der Waals surface area contributed by atoms with Crippen LogP contribution in [0.4, 0.5) is 0 Å². The molecule has 0 aromatic heterocycles. The zero-order chi connectivity index (χ0) is 14.0. The standard InChI is InChI=1S/C10H22N2O5Si/c1-9(13)12-7-10(14)8-17-18(15-2,16-3)6-4-5-11/h4-8,11H2,1-3H3,(H,12,13). The normalized spacial score (nSPS) is 11.3. The molecule has 0 aliphatic rings. The van der Waals surface area contributed by atoms with Crippen LogP contribution in [0.3, 0.4) is 0 Å². The van der Waals surface area contributed by atoms with Crippen LogP contribution in [0.15, 0.2) is 0 Å². The quantitative estimate of drug-likeness (QED) is 0.512. The van der Waals surface area contributed by atoms with Gasteiger partial charge in [0.15, 0.2) is 5.78 Å². The van der Waals surface area contributed by atoms with Crippen LogP contribution < -0.4 is 11.1 Å². The van der Waals surface area contributed by atoms with E-state index in [0.29, 0.717) is 19.0 Å². The molecule has 0 rings (SSSR count). The first kappa shape index (κ1) is 17.2. The van der Waals surface area contributed by atoms with Crippen molar-refractivity contribution in [1.29, 1.82) is 0 Å². The van der Waals surface area contributed by atoms with Gasteiger partial charge in [0.2, 0.25) is 5.91 Å². The van der Waals surface area contributed by atoms with Crippen molar-refractivity contribution in [3.05, 3.63) is 0 Å². The average molecular weight is 278 g/mol. The lowest BCUT2D eigenvalue weighted by molar-refractivity contribution is -0.125. The maximum Gasteiger partial charge on any atom is 0.500 e. The molecule has 0 aliphatic carbocycles. The highest BCUT2D eigenvalue weighted by atomic mass is 28.4. The van der Waals surface area contributed by atoms with E-state index in [0.717, 1.165) is 0 Å². The molecule has 0 spiro atoms. The molecular weight excluding hydrogens is 256 g/mol. The number of rotatable bonds is 10. The molecule has 0 saturated heterocycles. The predicted octanol–water partition coefficient (Wildman–Crippen LogP) is -0.711. The molecule has 106 valence electrons. The van der Waals surface area contributed by atoms with Crippen molar-refractivity contribution in [3.8, 4) is 0 Å². The Kier molecular flexibility index (Phi) is 8.76. The molecule has 0 heterocycles. The highest BCUT2D eigenvalue weighted by Gasteiger charge is 2.38. The number of Topliss-reactive ketones (excluding diaryl/α,β-unsaturated/α-hetero) is 1. The number of nitrogens with one attached hydrogen (secondary N) is 1. The number of amides is 1. The van der Waals surface area contributed by atoms with Gasteiger partial charge in [0.05, 0.1) is 13.2 Å². The molecule has 0 unspecified atom stereocenters. The Morgan fingerprint density at radius 1 is 1.28 bits per heavy atom. The van der Waals surface area contributed by atoms with E-state index in [2.05, 4.69) is 5.32 Å². The molecule has 0 bridgehead atoms. The van der Waals surface area contributed by atoms with Crippen molar-refractivity contribution in [3.63, 3.8) is 0 Å². The van der Waals surface area contributed by atoms with E-state index in [1.807, 2.05) is 0 Å². The van der Waals surface area contributed by atoms with E-state index in [1.165, 1.54) is 21.1 Å². The van der Waals surface area contributed by atoms with Crippen molar-refractivity contribution in [2.24, 2.45) is 5.73 Å². The maximum atomic E-state index is 11.4. The van der Waals surface area contributed by atoms with Gasteiger partial charge >= 0.3 is 8.80 Å². The van der Waals surface area contributed by atoms with E-state index in [4.69, 9.17) is 19.0 Å². The first-order valence-electron chi connectivity index (χ1n) is 5.70. The van der Waals surface area contributed by atoms with Gasteiger partial charge in [-0.1, -0.05) is 0 Å². The van der Waals surface area contributed by atoms with Gasteiger partial charge in [-0.3, -0.25) is 9.59 Å².